The number of furan rings is 1. The van der Waals surface area contributed by atoms with E-state index in [2.05, 4.69) is 31.3 Å². The van der Waals surface area contributed by atoms with E-state index in [1.54, 1.807) is 13.2 Å². The van der Waals surface area contributed by atoms with Gasteiger partial charge in [0, 0.05) is 11.4 Å². The second-order valence-electron chi connectivity index (χ2n) is 5.98. The fourth-order valence-electron chi connectivity index (χ4n) is 2.61. The highest BCUT2D eigenvalue weighted by molar-refractivity contribution is 7.99. The first-order valence-electron chi connectivity index (χ1n) is 8.32. The van der Waals surface area contributed by atoms with E-state index in [9.17, 15) is 4.79 Å². The molecule has 1 heterocycles. The molecule has 3 aromatic rings. The summed E-state index contributed by atoms with van der Waals surface area (Å²) < 4.78 is 10.9. The van der Waals surface area contributed by atoms with Crippen molar-refractivity contribution in [1.29, 1.82) is 0 Å². The van der Waals surface area contributed by atoms with Crippen LogP contribution in [0.15, 0.2) is 69.0 Å². The Labute approximate surface area is 157 Å². The van der Waals surface area contributed by atoms with Crippen molar-refractivity contribution >= 4 is 17.7 Å². The maximum absolute atomic E-state index is 12.3. The highest BCUT2D eigenvalue weighted by atomic mass is 32.2. The molecule has 0 saturated carbocycles. The molecule has 3 rings (SSSR count). The summed E-state index contributed by atoms with van der Waals surface area (Å²) in [5.74, 6) is 0.838. The van der Waals surface area contributed by atoms with Gasteiger partial charge in [0.05, 0.1) is 7.11 Å². The average Bonchev–Trinajstić information content (AvgIpc) is 3.12. The molecule has 0 unspecified atom stereocenters. The predicted octanol–water partition coefficient (Wildman–Crippen LogP) is 4.99. The lowest BCUT2D eigenvalue weighted by atomic mass is 10.2. The average molecular weight is 367 g/mol. The molecular weight excluding hydrogens is 346 g/mol. The molecule has 2 aromatic carbocycles. The van der Waals surface area contributed by atoms with Crippen LogP contribution in [-0.2, 0) is 6.54 Å². The van der Waals surface area contributed by atoms with E-state index < -0.39 is 0 Å². The Kier molecular flexibility index (Phi) is 5.68. The van der Waals surface area contributed by atoms with Crippen LogP contribution in [-0.4, -0.2) is 13.0 Å². The maximum atomic E-state index is 12.3. The van der Waals surface area contributed by atoms with Crippen LogP contribution in [0.4, 0.5) is 0 Å². The van der Waals surface area contributed by atoms with Gasteiger partial charge in [-0.1, -0.05) is 42.1 Å². The van der Waals surface area contributed by atoms with E-state index in [0.717, 1.165) is 16.2 Å². The van der Waals surface area contributed by atoms with Crippen molar-refractivity contribution in [2.24, 2.45) is 0 Å². The summed E-state index contributed by atoms with van der Waals surface area (Å²) in [5.41, 5.74) is 3.35. The Bertz CT molecular complexity index is 897. The quantitative estimate of drug-likeness (QED) is 0.667. The molecule has 5 heteroatoms. The lowest BCUT2D eigenvalue weighted by molar-refractivity contribution is 0.0918. The topological polar surface area (TPSA) is 51.5 Å². The van der Waals surface area contributed by atoms with E-state index in [-0.39, 0.29) is 5.91 Å². The molecule has 0 saturated heterocycles. The fourth-order valence-corrected chi connectivity index (χ4v) is 3.54. The van der Waals surface area contributed by atoms with Crippen molar-refractivity contribution in [3.8, 4) is 5.75 Å². The summed E-state index contributed by atoms with van der Waals surface area (Å²) in [4.78, 5) is 13.5. The first kappa shape index (κ1) is 18.1. The van der Waals surface area contributed by atoms with Crippen LogP contribution in [0.5, 0.6) is 5.75 Å². The van der Waals surface area contributed by atoms with Gasteiger partial charge < -0.3 is 14.5 Å². The van der Waals surface area contributed by atoms with Gasteiger partial charge in [0.2, 0.25) is 0 Å². The van der Waals surface area contributed by atoms with Gasteiger partial charge in [0.15, 0.2) is 10.9 Å². The Morgan fingerprint density at radius 2 is 1.81 bits per heavy atom. The monoisotopic (exact) mass is 367 g/mol. The van der Waals surface area contributed by atoms with Crippen LogP contribution < -0.4 is 10.1 Å². The van der Waals surface area contributed by atoms with Crippen molar-refractivity contribution in [3.05, 3.63) is 77.0 Å². The van der Waals surface area contributed by atoms with Crippen molar-refractivity contribution in [3.63, 3.8) is 0 Å². The molecule has 1 aromatic heterocycles. The fraction of sp³-hybridized carbons (Fsp3) is 0.190. The molecule has 26 heavy (non-hydrogen) atoms. The van der Waals surface area contributed by atoms with Crippen LogP contribution in [0.25, 0.3) is 0 Å². The van der Waals surface area contributed by atoms with Crippen molar-refractivity contribution < 1.29 is 13.9 Å². The van der Waals surface area contributed by atoms with Gasteiger partial charge in [0.1, 0.15) is 5.75 Å². The summed E-state index contributed by atoms with van der Waals surface area (Å²) in [6.07, 6.45) is 0. The Balaban J connectivity index is 1.64. The molecule has 0 atom stereocenters. The molecule has 1 N–H and O–H groups in total. The lowest BCUT2D eigenvalue weighted by Crippen LogP contribution is -2.22. The summed E-state index contributed by atoms with van der Waals surface area (Å²) in [6, 6.07) is 17.3. The largest absolute Gasteiger partial charge is 0.497 e. The van der Waals surface area contributed by atoms with Crippen LogP contribution in [0.1, 0.15) is 27.2 Å². The molecular formula is C21H21NO3S. The van der Waals surface area contributed by atoms with Gasteiger partial charge >= 0.3 is 0 Å². The molecule has 0 spiro atoms. The van der Waals surface area contributed by atoms with Crippen LogP contribution in [0.2, 0.25) is 0 Å². The van der Waals surface area contributed by atoms with Crippen molar-refractivity contribution in [2.45, 2.75) is 30.4 Å². The third kappa shape index (κ3) is 4.29. The van der Waals surface area contributed by atoms with E-state index in [4.69, 9.17) is 9.15 Å². The van der Waals surface area contributed by atoms with Gasteiger partial charge in [-0.2, -0.15) is 0 Å². The third-order valence-electron chi connectivity index (χ3n) is 4.00. The zero-order chi connectivity index (χ0) is 18.5. The Morgan fingerprint density at radius 3 is 2.54 bits per heavy atom. The smallest absolute Gasteiger partial charge is 0.287 e. The minimum absolute atomic E-state index is 0.235. The number of amides is 1. The standard InChI is InChI=1S/C21H21NO3S/c1-14-6-4-7-15(2)20(14)26-19-11-10-18(25-19)21(23)22-13-16-8-5-9-17(12-16)24-3/h4-12H,13H2,1-3H3,(H,22,23). The normalized spacial score (nSPS) is 10.6. The van der Waals surface area contributed by atoms with E-state index in [1.165, 1.54) is 22.9 Å². The second-order valence-corrected chi connectivity index (χ2v) is 6.99. The van der Waals surface area contributed by atoms with Crippen LogP contribution in [0.3, 0.4) is 0 Å². The van der Waals surface area contributed by atoms with Crippen molar-refractivity contribution in [2.75, 3.05) is 7.11 Å². The SMILES string of the molecule is COc1cccc(CNC(=O)c2ccc(Sc3c(C)cccc3C)o2)c1. The number of ether oxygens (including phenoxy) is 1. The number of hydrogen-bond donors (Lipinski definition) is 1. The molecule has 0 aliphatic heterocycles. The summed E-state index contributed by atoms with van der Waals surface area (Å²) in [5, 5.41) is 3.57. The van der Waals surface area contributed by atoms with Gasteiger partial charge in [-0.25, -0.2) is 0 Å². The molecule has 0 bridgehead atoms. The minimum Gasteiger partial charge on any atom is -0.497 e. The van der Waals surface area contributed by atoms with E-state index >= 15 is 0 Å². The second kappa shape index (κ2) is 8.15. The van der Waals surface area contributed by atoms with Gasteiger partial charge in [-0.15, -0.1) is 0 Å². The molecule has 0 radical (unpaired) electrons. The summed E-state index contributed by atoms with van der Waals surface area (Å²) >= 11 is 1.54. The number of aryl methyl sites for hydroxylation is 2. The van der Waals surface area contributed by atoms with Crippen molar-refractivity contribution in [1.82, 2.24) is 5.32 Å². The molecule has 0 aliphatic rings. The predicted molar refractivity (Wildman–Crippen MR) is 103 cm³/mol. The number of rotatable bonds is 6. The number of carbonyl (C=O) groups excluding carboxylic acids is 1. The minimum atomic E-state index is -0.235. The molecule has 0 aliphatic carbocycles. The number of hydrogen-bond acceptors (Lipinski definition) is 4. The highest BCUT2D eigenvalue weighted by Crippen LogP contribution is 2.33. The zero-order valence-corrected chi connectivity index (χ0v) is 15.9. The van der Waals surface area contributed by atoms with Gasteiger partial charge in [-0.3, -0.25) is 4.79 Å². The Morgan fingerprint density at radius 1 is 1.08 bits per heavy atom. The van der Waals surface area contributed by atoms with Gasteiger partial charge in [0.25, 0.3) is 5.91 Å². The molecule has 1 amide bonds. The third-order valence-corrected chi connectivity index (χ3v) is 5.27. The van der Waals surface area contributed by atoms with E-state index in [1.807, 2.05) is 36.4 Å². The number of carbonyl (C=O) groups is 1. The number of nitrogens with one attached hydrogen (secondary N) is 1. The first-order chi connectivity index (χ1) is 12.6. The molecule has 4 nitrogen and oxygen atoms in total. The zero-order valence-electron chi connectivity index (χ0n) is 15.0. The Hall–Kier alpha value is -2.66. The maximum Gasteiger partial charge on any atom is 0.287 e. The van der Waals surface area contributed by atoms with Gasteiger partial charge in [-0.05, 0) is 54.8 Å². The highest BCUT2D eigenvalue weighted by Gasteiger charge is 2.13. The lowest BCUT2D eigenvalue weighted by Gasteiger charge is -2.07. The first-order valence-corrected chi connectivity index (χ1v) is 9.13. The summed E-state index contributed by atoms with van der Waals surface area (Å²) in [6.45, 7) is 4.55. The van der Waals surface area contributed by atoms with E-state index in [0.29, 0.717) is 17.4 Å². The molecule has 134 valence electrons. The number of benzene rings is 2. The number of methoxy groups -OCH3 is 1. The van der Waals surface area contributed by atoms with Crippen LogP contribution >= 0.6 is 11.8 Å². The molecule has 0 fully saturated rings. The summed E-state index contributed by atoms with van der Waals surface area (Å²) in [7, 11) is 1.62. The van der Waals surface area contributed by atoms with Crippen LogP contribution in [0, 0.1) is 13.8 Å².